The van der Waals surface area contributed by atoms with Crippen LogP contribution in [-0.2, 0) is 0 Å². The Bertz CT molecular complexity index is 268. The average molecular weight is 163 g/mol. The van der Waals surface area contributed by atoms with Crippen molar-refractivity contribution in [3.8, 4) is 0 Å². The fraction of sp³-hybridized carbons (Fsp3) is 0.444. The van der Waals surface area contributed by atoms with Gasteiger partial charge in [-0.15, -0.1) is 0 Å². The molecule has 0 amide bonds. The van der Waals surface area contributed by atoms with E-state index >= 15 is 0 Å². The van der Waals surface area contributed by atoms with Crippen molar-refractivity contribution in [2.45, 2.75) is 12.8 Å². The zero-order valence-electron chi connectivity index (χ0n) is 6.96. The lowest BCUT2D eigenvalue weighted by Gasteiger charge is -2.03. The van der Waals surface area contributed by atoms with E-state index in [0.29, 0.717) is 5.82 Å². The Morgan fingerprint density at radius 3 is 3.00 bits per heavy atom. The minimum Gasteiger partial charge on any atom is -0.384 e. The highest BCUT2D eigenvalue weighted by Gasteiger charge is 2.20. The second kappa shape index (κ2) is 3.01. The molecule has 0 spiro atoms. The van der Waals surface area contributed by atoms with Gasteiger partial charge in [0.1, 0.15) is 11.6 Å². The first-order valence-electron chi connectivity index (χ1n) is 4.31. The van der Waals surface area contributed by atoms with E-state index < -0.39 is 0 Å². The first-order chi connectivity index (χ1) is 5.84. The van der Waals surface area contributed by atoms with Crippen LogP contribution in [0.15, 0.2) is 18.2 Å². The minimum absolute atomic E-state index is 0.579. The topological polar surface area (TPSA) is 50.9 Å². The third-order valence-corrected chi connectivity index (χ3v) is 2.04. The molecule has 3 heteroatoms. The first-order valence-corrected chi connectivity index (χ1v) is 4.31. The summed E-state index contributed by atoms with van der Waals surface area (Å²) in [4.78, 5) is 4.14. The number of pyridine rings is 1. The van der Waals surface area contributed by atoms with Gasteiger partial charge >= 0.3 is 0 Å². The van der Waals surface area contributed by atoms with Crippen molar-refractivity contribution in [2.75, 3.05) is 17.6 Å². The fourth-order valence-electron chi connectivity index (χ4n) is 1.12. The third-order valence-electron chi connectivity index (χ3n) is 2.04. The molecular weight excluding hydrogens is 150 g/mol. The molecule has 0 aromatic carbocycles. The summed E-state index contributed by atoms with van der Waals surface area (Å²) < 4.78 is 0. The predicted octanol–water partition coefficient (Wildman–Crippen LogP) is 1.49. The molecule has 1 aliphatic carbocycles. The van der Waals surface area contributed by atoms with Crippen LogP contribution in [0.1, 0.15) is 12.8 Å². The van der Waals surface area contributed by atoms with Crippen molar-refractivity contribution in [1.29, 1.82) is 0 Å². The van der Waals surface area contributed by atoms with E-state index in [1.807, 2.05) is 12.1 Å². The fourth-order valence-corrected chi connectivity index (χ4v) is 1.12. The SMILES string of the molecule is Nc1cccc(NCC2CC2)n1. The Kier molecular flexibility index (Phi) is 1.86. The number of hydrogen-bond donors (Lipinski definition) is 2. The normalized spacial score (nSPS) is 16.0. The molecular formula is C9H13N3. The van der Waals surface area contributed by atoms with E-state index in [1.165, 1.54) is 12.8 Å². The second-order valence-electron chi connectivity index (χ2n) is 3.27. The largest absolute Gasteiger partial charge is 0.384 e. The molecule has 1 aromatic heterocycles. The molecule has 2 rings (SSSR count). The number of nitrogens with zero attached hydrogens (tertiary/aromatic N) is 1. The van der Waals surface area contributed by atoms with Gasteiger partial charge in [0.25, 0.3) is 0 Å². The van der Waals surface area contributed by atoms with Gasteiger partial charge in [-0.05, 0) is 30.9 Å². The third kappa shape index (κ3) is 1.87. The van der Waals surface area contributed by atoms with E-state index in [0.717, 1.165) is 18.3 Å². The second-order valence-corrected chi connectivity index (χ2v) is 3.27. The minimum atomic E-state index is 0.579. The van der Waals surface area contributed by atoms with Gasteiger partial charge in [0.2, 0.25) is 0 Å². The van der Waals surface area contributed by atoms with Gasteiger partial charge in [-0.3, -0.25) is 0 Å². The van der Waals surface area contributed by atoms with Crippen molar-refractivity contribution in [2.24, 2.45) is 5.92 Å². The maximum absolute atomic E-state index is 5.53. The summed E-state index contributed by atoms with van der Waals surface area (Å²) in [7, 11) is 0. The number of anilines is 2. The highest BCUT2D eigenvalue weighted by atomic mass is 15.0. The number of rotatable bonds is 3. The van der Waals surface area contributed by atoms with Crippen LogP contribution in [0.3, 0.4) is 0 Å². The molecule has 1 saturated carbocycles. The summed E-state index contributed by atoms with van der Waals surface area (Å²) >= 11 is 0. The molecule has 1 aliphatic rings. The predicted molar refractivity (Wildman–Crippen MR) is 49.9 cm³/mol. The summed E-state index contributed by atoms with van der Waals surface area (Å²) in [5.41, 5.74) is 5.53. The summed E-state index contributed by atoms with van der Waals surface area (Å²) in [6.07, 6.45) is 2.71. The summed E-state index contributed by atoms with van der Waals surface area (Å²) in [5.74, 6) is 2.34. The monoisotopic (exact) mass is 163 g/mol. The maximum atomic E-state index is 5.53. The smallest absolute Gasteiger partial charge is 0.128 e. The van der Waals surface area contributed by atoms with Gasteiger partial charge in [-0.1, -0.05) is 6.07 Å². The summed E-state index contributed by atoms with van der Waals surface area (Å²) in [5, 5.41) is 3.26. The van der Waals surface area contributed by atoms with E-state index in [4.69, 9.17) is 5.73 Å². The highest BCUT2D eigenvalue weighted by molar-refractivity contribution is 5.42. The lowest BCUT2D eigenvalue weighted by atomic mass is 10.4. The van der Waals surface area contributed by atoms with Crippen molar-refractivity contribution < 1.29 is 0 Å². The van der Waals surface area contributed by atoms with Crippen LogP contribution in [0.5, 0.6) is 0 Å². The Labute approximate surface area is 72.0 Å². The Morgan fingerprint density at radius 2 is 2.33 bits per heavy atom. The highest BCUT2D eigenvalue weighted by Crippen LogP contribution is 2.28. The van der Waals surface area contributed by atoms with E-state index in [-0.39, 0.29) is 0 Å². The van der Waals surface area contributed by atoms with Crippen LogP contribution in [0.2, 0.25) is 0 Å². The van der Waals surface area contributed by atoms with Crippen LogP contribution >= 0.6 is 0 Å². The van der Waals surface area contributed by atoms with Gasteiger partial charge in [-0.2, -0.15) is 0 Å². The van der Waals surface area contributed by atoms with Crippen LogP contribution in [0.25, 0.3) is 0 Å². The van der Waals surface area contributed by atoms with Crippen LogP contribution in [0, 0.1) is 5.92 Å². The van der Waals surface area contributed by atoms with Crippen LogP contribution < -0.4 is 11.1 Å². The molecule has 0 bridgehead atoms. The van der Waals surface area contributed by atoms with Crippen LogP contribution in [0.4, 0.5) is 11.6 Å². The molecule has 3 N–H and O–H groups in total. The molecule has 0 atom stereocenters. The van der Waals surface area contributed by atoms with E-state index in [9.17, 15) is 0 Å². The molecule has 0 radical (unpaired) electrons. The summed E-state index contributed by atoms with van der Waals surface area (Å²) in [6.45, 7) is 1.04. The first kappa shape index (κ1) is 7.40. The van der Waals surface area contributed by atoms with Gasteiger partial charge in [0.05, 0.1) is 0 Å². The van der Waals surface area contributed by atoms with Gasteiger partial charge < -0.3 is 11.1 Å². The molecule has 3 nitrogen and oxygen atoms in total. The molecule has 0 unspecified atom stereocenters. The van der Waals surface area contributed by atoms with Gasteiger partial charge in [0.15, 0.2) is 0 Å². The lowest BCUT2D eigenvalue weighted by Crippen LogP contribution is -2.05. The summed E-state index contributed by atoms with van der Waals surface area (Å²) in [6, 6.07) is 5.65. The Morgan fingerprint density at radius 1 is 1.50 bits per heavy atom. The van der Waals surface area contributed by atoms with Crippen LogP contribution in [-0.4, -0.2) is 11.5 Å². The Hall–Kier alpha value is -1.25. The molecule has 0 saturated heterocycles. The maximum Gasteiger partial charge on any atom is 0.128 e. The number of aromatic nitrogens is 1. The molecule has 1 heterocycles. The molecule has 64 valence electrons. The molecule has 1 aromatic rings. The average Bonchev–Trinajstić information content (AvgIpc) is 2.84. The number of nitrogens with one attached hydrogen (secondary N) is 1. The zero-order valence-corrected chi connectivity index (χ0v) is 6.96. The lowest BCUT2D eigenvalue weighted by molar-refractivity contribution is 0.883. The number of hydrogen-bond acceptors (Lipinski definition) is 3. The zero-order chi connectivity index (χ0) is 8.39. The Balaban J connectivity index is 1.92. The molecule has 0 aliphatic heterocycles. The van der Waals surface area contributed by atoms with E-state index in [1.54, 1.807) is 6.07 Å². The number of nitrogen functional groups attached to an aromatic ring is 1. The van der Waals surface area contributed by atoms with Gasteiger partial charge in [-0.25, -0.2) is 4.98 Å². The standard InChI is InChI=1S/C9H13N3/c10-8-2-1-3-9(12-8)11-6-7-4-5-7/h1-3,7H,4-6H2,(H3,10,11,12). The molecule has 1 fully saturated rings. The van der Waals surface area contributed by atoms with Crippen molar-refractivity contribution in [1.82, 2.24) is 4.98 Å². The van der Waals surface area contributed by atoms with Crippen molar-refractivity contribution in [3.63, 3.8) is 0 Å². The van der Waals surface area contributed by atoms with Gasteiger partial charge in [0, 0.05) is 6.54 Å². The molecule has 12 heavy (non-hydrogen) atoms. The quantitative estimate of drug-likeness (QED) is 0.709. The van der Waals surface area contributed by atoms with Crippen molar-refractivity contribution in [3.05, 3.63) is 18.2 Å². The number of nitrogens with two attached hydrogens (primary N) is 1. The van der Waals surface area contributed by atoms with Crippen molar-refractivity contribution >= 4 is 11.6 Å². The van der Waals surface area contributed by atoms with E-state index in [2.05, 4.69) is 10.3 Å².